The summed E-state index contributed by atoms with van der Waals surface area (Å²) < 4.78 is 0. The molecule has 14 heavy (non-hydrogen) atoms. The Hall–Kier alpha value is -0.0800. The molecule has 0 amide bonds. The summed E-state index contributed by atoms with van der Waals surface area (Å²) in [5.41, 5.74) is 0. The van der Waals surface area contributed by atoms with Gasteiger partial charge in [-0.1, -0.05) is 13.8 Å². The largest absolute Gasteiger partial charge is 0.311 e. The van der Waals surface area contributed by atoms with Gasteiger partial charge in [-0.3, -0.25) is 0 Å². The van der Waals surface area contributed by atoms with Crippen molar-refractivity contribution in [3.63, 3.8) is 0 Å². The van der Waals surface area contributed by atoms with Gasteiger partial charge in [-0.2, -0.15) is 0 Å². The summed E-state index contributed by atoms with van der Waals surface area (Å²) in [6.07, 6.45) is 5.30. The minimum absolute atomic E-state index is 0.688. The van der Waals surface area contributed by atoms with E-state index in [0.29, 0.717) is 6.04 Å². The molecule has 0 aromatic carbocycles. The maximum atomic E-state index is 3.73. The average Bonchev–Trinajstić information content (AvgIpc) is 2.43. The van der Waals surface area contributed by atoms with E-state index in [-0.39, 0.29) is 0 Å². The van der Waals surface area contributed by atoms with Gasteiger partial charge in [0.2, 0.25) is 0 Å². The fourth-order valence-corrected chi connectivity index (χ4v) is 2.16. The third kappa shape index (κ3) is 3.97. The van der Waals surface area contributed by atoms with Crippen molar-refractivity contribution in [1.82, 2.24) is 10.2 Å². The molecular formula is C12H26N2. The summed E-state index contributed by atoms with van der Waals surface area (Å²) in [5.74, 6) is 0. The second-order valence-electron chi connectivity index (χ2n) is 4.54. The molecule has 2 atom stereocenters. The van der Waals surface area contributed by atoms with Gasteiger partial charge in [0, 0.05) is 12.1 Å². The Morgan fingerprint density at radius 2 is 2.07 bits per heavy atom. The van der Waals surface area contributed by atoms with Gasteiger partial charge in [-0.25, -0.2) is 0 Å². The number of hydrogen-bond acceptors (Lipinski definition) is 2. The molecule has 0 saturated carbocycles. The van der Waals surface area contributed by atoms with E-state index < -0.39 is 0 Å². The van der Waals surface area contributed by atoms with Gasteiger partial charge in [-0.15, -0.1) is 0 Å². The number of rotatable bonds is 4. The van der Waals surface area contributed by atoms with Crippen molar-refractivity contribution >= 4 is 0 Å². The Kier molecular flexibility index (Phi) is 5.49. The lowest BCUT2D eigenvalue weighted by atomic mass is 10.1. The van der Waals surface area contributed by atoms with Crippen LogP contribution in [0.1, 0.15) is 46.5 Å². The minimum atomic E-state index is 0.688. The van der Waals surface area contributed by atoms with Gasteiger partial charge in [0.1, 0.15) is 0 Å². The first-order valence-electron chi connectivity index (χ1n) is 6.24. The average molecular weight is 198 g/mol. The zero-order chi connectivity index (χ0) is 10.4. The lowest BCUT2D eigenvalue weighted by Gasteiger charge is -2.21. The minimum Gasteiger partial charge on any atom is -0.311 e. The van der Waals surface area contributed by atoms with Crippen molar-refractivity contribution in [3.8, 4) is 0 Å². The Balaban J connectivity index is 2.27. The van der Waals surface area contributed by atoms with Crippen LogP contribution in [-0.2, 0) is 0 Å². The molecular weight excluding hydrogens is 172 g/mol. The maximum absolute atomic E-state index is 3.73. The number of nitrogens with one attached hydrogen (secondary N) is 1. The summed E-state index contributed by atoms with van der Waals surface area (Å²) >= 11 is 0. The molecule has 1 aliphatic heterocycles. The zero-order valence-electron chi connectivity index (χ0n) is 10.1. The number of nitrogens with zero attached hydrogens (tertiary/aromatic N) is 1. The van der Waals surface area contributed by atoms with E-state index in [1.165, 1.54) is 45.3 Å². The summed E-state index contributed by atoms with van der Waals surface area (Å²) in [4.78, 5) is 2.57. The first-order valence-corrected chi connectivity index (χ1v) is 6.24. The fraction of sp³-hybridized carbons (Fsp3) is 1.00. The molecule has 1 rings (SSSR count). The summed E-state index contributed by atoms with van der Waals surface area (Å²) in [6.45, 7) is 10.6. The van der Waals surface area contributed by atoms with Gasteiger partial charge < -0.3 is 10.2 Å². The molecule has 1 heterocycles. The van der Waals surface area contributed by atoms with E-state index in [1.54, 1.807) is 0 Å². The van der Waals surface area contributed by atoms with Crippen LogP contribution in [0.5, 0.6) is 0 Å². The fourth-order valence-electron chi connectivity index (χ4n) is 2.16. The van der Waals surface area contributed by atoms with Crippen LogP contribution in [0, 0.1) is 0 Å². The van der Waals surface area contributed by atoms with Crippen LogP contribution in [0.3, 0.4) is 0 Å². The molecule has 0 bridgehead atoms. The van der Waals surface area contributed by atoms with Crippen LogP contribution < -0.4 is 5.32 Å². The molecule has 1 fully saturated rings. The molecule has 84 valence electrons. The quantitative estimate of drug-likeness (QED) is 0.745. The highest BCUT2D eigenvalue weighted by Crippen LogP contribution is 2.11. The standard InChI is InChI=1S/C12H26N2/c1-4-11(3)13-12-7-6-9-14(5-2)10-8-12/h11-13H,4-10H2,1-3H3. The van der Waals surface area contributed by atoms with Gasteiger partial charge in [-0.05, 0) is 52.2 Å². The van der Waals surface area contributed by atoms with Crippen molar-refractivity contribution in [2.75, 3.05) is 19.6 Å². The van der Waals surface area contributed by atoms with Gasteiger partial charge in [0.05, 0.1) is 0 Å². The van der Waals surface area contributed by atoms with Crippen molar-refractivity contribution in [1.29, 1.82) is 0 Å². The smallest absolute Gasteiger partial charge is 0.00821 e. The Morgan fingerprint density at radius 1 is 1.29 bits per heavy atom. The highest BCUT2D eigenvalue weighted by molar-refractivity contribution is 4.76. The first-order chi connectivity index (χ1) is 6.76. The molecule has 1 N–H and O–H groups in total. The monoisotopic (exact) mass is 198 g/mol. The third-order valence-corrected chi connectivity index (χ3v) is 3.40. The predicted molar refractivity (Wildman–Crippen MR) is 62.6 cm³/mol. The molecule has 2 unspecified atom stereocenters. The van der Waals surface area contributed by atoms with Crippen molar-refractivity contribution in [2.45, 2.75) is 58.5 Å². The summed E-state index contributed by atoms with van der Waals surface area (Å²) in [6, 6.07) is 1.45. The molecule has 2 nitrogen and oxygen atoms in total. The third-order valence-electron chi connectivity index (χ3n) is 3.40. The van der Waals surface area contributed by atoms with E-state index >= 15 is 0 Å². The van der Waals surface area contributed by atoms with Crippen LogP contribution in [0.25, 0.3) is 0 Å². The Morgan fingerprint density at radius 3 is 2.71 bits per heavy atom. The molecule has 0 aliphatic carbocycles. The van der Waals surface area contributed by atoms with Crippen LogP contribution in [0.15, 0.2) is 0 Å². The molecule has 1 saturated heterocycles. The number of likely N-dealkylation sites (tertiary alicyclic amines) is 1. The zero-order valence-corrected chi connectivity index (χ0v) is 10.1. The maximum Gasteiger partial charge on any atom is 0.00821 e. The number of hydrogen-bond donors (Lipinski definition) is 1. The second kappa shape index (κ2) is 6.41. The molecule has 0 aromatic rings. The van der Waals surface area contributed by atoms with E-state index in [4.69, 9.17) is 0 Å². The molecule has 0 aromatic heterocycles. The predicted octanol–water partition coefficient (Wildman–Crippen LogP) is 2.25. The van der Waals surface area contributed by atoms with E-state index in [0.717, 1.165) is 6.04 Å². The van der Waals surface area contributed by atoms with Crippen LogP contribution in [0.2, 0.25) is 0 Å². The molecule has 0 spiro atoms. The topological polar surface area (TPSA) is 15.3 Å². The lowest BCUT2D eigenvalue weighted by molar-refractivity contribution is 0.295. The lowest BCUT2D eigenvalue weighted by Crippen LogP contribution is -2.36. The first kappa shape index (κ1) is 12.0. The second-order valence-corrected chi connectivity index (χ2v) is 4.54. The molecule has 1 aliphatic rings. The highest BCUT2D eigenvalue weighted by atomic mass is 15.1. The van der Waals surface area contributed by atoms with Gasteiger partial charge >= 0.3 is 0 Å². The van der Waals surface area contributed by atoms with Crippen molar-refractivity contribution in [2.24, 2.45) is 0 Å². The van der Waals surface area contributed by atoms with Gasteiger partial charge in [0.15, 0.2) is 0 Å². The molecule has 2 heteroatoms. The normalized spacial score (nSPS) is 27.2. The highest BCUT2D eigenvalue weighted by Gasteiger charge is 2.16. The van der Waals surface area contributed by atoms with Crippen LogP contribution in [-0.4, -0.2) is 36.6 Å². The SMILES string of the molecule is CCC(C)NC1CCCN(CC)CC1. The van der Waals surface area contributed by atoms with Crippen molar-refractivity contribution < 1.29 is 0 Å². The van der Waals surface area contributed by atoms with Crippen LogP contribution >= 0.6 is 0 Å². The van der Waals surface area contributed by atoms with E-state index in [2.05, 4.69) is 31.0 Å². The summed E-state index contributed by atoms with van der Waals surface area (Å²) in [5, 5.41) is 3.73. The molecule has 0 radical (unpaired) electrons. The Labute approximate surface area is 89.1 Å². The van der Waals surface area contributed by atoms with Crippen molar-refractivity contribution in [3.05, 3.63) is 0 Å². The Bertz CT molecular complexity index is 147. The summed E-state index contributed by atoms with van der Waals surface area (Å²) in [7, 11) is 0. The van der Waals surface area contributed by atoms with Crippen LogP contribution in [0.4, 0.5) is 0 Å². The van der Waals surface area contributed by atoms with E-state index in [1.807, 2.05) is 0 Å². The van der Waals surface area contributed by atoms with E-state index in [9.17, 15) is 0 Å². The van der Waals surface area contributed by atoms with Gasteiger partial charge in [0.25, 0.3) is 0 Å².